The van der Waals surface area contributed by atoms with Crippen LogP contribution in [0.15, 0.2) is 36.8 Å². The molecule has 0 saturated carbocycles. The topological polar surface area (TPSA) is 47.0 Å². The Morgan fingerprint density at radius 3 is 2.89 bits per heavy atom. The van der Waals surface area contributed by atoms with Gasteiger partial charge in [0.25, 0.3) is 0 Å². The minimum Gasteiger partial charge on any atom is -0.481 e. The first-order valence-electron chi connectivity index (χ1n) is 6.00. The third-order valence-corrected chi connectivity index (χ3v) is 3.34. The van der Waals surface area contributed by atoms with E-state index in [4.69, 9.17) is 16.3 Å². The van der Waals surface area contributed by atoms with Gasteiger partial charge in [-0.3, -0.25) is 4.98 Å². The second kappa shape index (κ2) is 6.50. The van der Waals surface area contributed by atoms with E-state index in [-0.39, 0.29) is 6.04 Å². The van der Waals surface area contributed by atoms with Gasteiger partial charge in [-0.1, -0.05) is 17.7 Å². The molecule has 2 rings (SSSR count). The molecule has 0 radical (unpaired) electrons. The highest BCUT2D eigenvalue weighted by Crippen LogP contribution is 2.27. The SMILES string of the molecule is CNC(Cc1ccncc1Cl)c1cccnc1OC. The maximum absolute atomic E-state index is 6.15. The summed E-state index contributed by atoms with van der Waals surface area (Å²) in [4.78, 5) is 8.22. The van der Waals surface area contributed by atoms with Crippen molar-refractivity contribution in [3.63, 3.8) is 0 Å². The molecule has 0 amide bonds. The molecule has 0 aliphatic heterocycles. The standard InChI is InChI=1S/C14H16ClN3O/c1-16-13(8-10-5-7-17-9-12(10)15)11-4-3-6-18-14(11)19-2/h3-7,9,13,16H,8H2,1-2H3. The molecular weight excluding hydrogens is 262 g/mol. The van der Waals surface area contributed by atoms with Crippen molar-refractivity contribution in [3.05, 3.63) is 52.9 Å². The number of halogens is 1. The van der Waals surface area contributed by atoms with Crippen LogP contribution in [0.5, 0.6) is 5.88 Å². The Kier molecular flexibility index (Phi) is 4.71. The van der Waals surface area contributed by atoms with E-state index in [1.54, 1.807) is 25.7 Å². The molecule has 0 saturated heterocycles. The van der Waals surface area contributed by atoms with Gasteiger partial charge in [0.2, 0.25) is 5.88 Å². The molecule has 1 atom stereocenters. The van der Waals surface area contributed by atoms with Gasteiger partial charge in [0.1, 0.15) is 0 Å². The number of likely N-dealkylation sites (N-methyl/N-ethyl adjacent to an activating group) is 1. The summed E-state index contributed by atoms with van der Waals surface area (Å²) in [6, 6.07) is 5.91. The van der Waals surface area contributed by atoms with Gasteiger partial charge >= 0.3 is 0 Å². The molecule has 4 nitrogen and oxygen atoms in total. The number of hydrogen-bond donors (Lipinski definition) is 1. The number of nitrogens with zero attached hydrogens (tertiary/aromatic N) is 2. The van der Waals surface area contributed by atoms with Crippen molar-refractivity contribution < 1.29 is 4.74 Å². The van der Waals surface area contributed by atoms with Crippen LogP contribution in [0.1, 0.15) is 17.2 Å². The van der Waals surface area contributed by atoms with Crippen LogP contribution in [0.25, 0.3) is 0 Å². The van der Waals surface area contributed by atoms with E-state index in [9.17, 15) is 0 Å². The van der Waals surface area contributed by atoms with Gasteiger partial charge in [-0.05, 0) is 31.2 Å². The van der Waals surface area contributed by atoms with Gasteiger partial charge in [0, 0.05) is 30.2 Å². The summed E-state index contributed by atoms with van der Waals surface area (Å²) in [6.45, 7) is 0. The van der Waals surface area contributed by atoms with Crippen molar-refractivity contribution in [1.29, 1.82) is 0 Å². The summed E-state index contributed by atoms with van der Waals surface area (Å²) < 4.78 is 5.30. The lowest BCUT2D eigenvalue weighted by atomic mass is 10.0. The molecule has 0 bridgehead atoms. The largest absolute Gasteiger partial charge is 0.481 e. The van der Waals surface area contributed by atoms with Gasteiger partial charge < -0.3 is 10.1 Å². The summed E-state index contributed by atoms with van der Waals surface area (Å²) in [5, 5.41) is 3.94. The highest BCUT2D eigenvalue weighted by atomic mass is 35.5. The highest BCUT2D eigenvalue weighted by molar-refractivity contribution is 6.31. The van der Waals surface area contributed by atoms with E-state index >= 15 is 0 Å². The van der Waals surface area contributed by atoms with Gasteiger partial charge in [-0.2, -0.15) is 0 Å². The van der Waals surface area contributed by atoms with Gasteiger partial charge in [-0.25, -0.2) is 4.98 Å². The fourth-order valence-corrected chi connectivity index (χ4v) is 2.19. The Balaban J connectivity index is 2.28. The molecule has 2 heterocycles. The average molecular weight is 278 g/mol. The van der Waals surface area contributed by atoms with E-state index in [0.717, 1.165) is 17.5 Å². The van der Waals surface area contributed by atoms with Crippen LogP contribution < -0.4 is 10.1 Å². The molecule has 2 aromatic heterocycles. The van der Waals surface area contributed by atoms with Crippen molar-refractivity contribution in [3.8, 4) is 5.88 Å². The van der Waals surface area contributed by atoms with Crippen LogP contribution in [0, 0.1) is 0 Å². The van der Waals surface area contributed by atoms with Gasteiger partial charge in [0.05, 0.1) is 12.1 Å². The van der Waals surface area contributed by atoms with Crippen LogP contribution in [0.4, 0.5) is 0 Å². The summed E-state index contributed by atoms with van der Waals surface area (Å²) in [7, 11) is 3.53. The van der Waals surface area contributed by atoms with Crippen molar-refractivity contribution in [2.45, 2.75) is 12.5 Å². The lowest BCUT2D eigenvalue weighted by Gasteiger charge is -2.19. The quantitative estimate of drug-likeness (QED) is 0.913. The lowest BCUT2D eigenvalue weighted by Crippen LogP contribution is -2.20. The van der Waals surface area contributed by atoms with Crippen LogP contribution >= 0.6 is 11.6 Å². The summed E-state index contributed by atoms with van der Waals surface area (Å²) in [6.07, 6.45) is 5.87. The fourth-order valence-electron chi connectivity index (χ4n) is 2.00. The number of aromatic nitrogens is 2. The summed E-state index contributed by atoms with van der Waals surface area (Å²) in [5.74, 6) is 0.632. The molecule has 19 heavy (non-hydrogen) atoms. The zero-order valence-corrected chi connectivity index (χ0v) is 11.7. The number of methoxy groups -OCH3 is 1. The first kappa shape index (κ1) is 13.8. The van der Waals surface area contributed by atoms with E-state index in [1.165, 1.54) is 0 Å². The minimum absolute atomic E-state index is 0.0866. The first-order chi connectivity index (χ1) is 9.26. The summed E-state index contributed by atoms with van der Waals surface area (Å²) >= 11 is 6.15. The third-order valence-electron chi connectivity index (χ3n) is 3.00. The average Bonchev–Trinajstić information content (AvgIpc) is 2.46. The molecule has 1 unspecified atom stereocenters. The molecule has 0 aliphatic carbocycles. The second-order valence-electron chi connectivity index (χ2n) is 4.11. The maximum Gasteiger partial charge on any atom is 0.217 e. The van der Waals surface area contributed by atoms with Crippen LogP contribution in [0.3, 0.4) is 0 Å². The molecule has 2 aromatic rings. The predicted molar refractivity (Wildman–Crippen MR) is 75.5 cm³/mol. The molecular formula is C14H16ClN3O. The van der Waals surface area contributed by atoms with Crippen molar-refractivity contribution >= 4 is 11.6 Å². The first-order valence-corrected chi connectivity index (χ1v) is 6.38. The van der Waals surface area contributed by atoms with Crippen molar-refractivity contribution in [2.24, 2.45) is 0 Å². The minimum atomic E-state index is 0.0866. The van der Waals surface area contributed by atoms with E-state index in [2.05, 4.69) is 15.3 Å². The van der Waals surface area contributed by atoms with Crippen molar-refractivity contribution in [2.75, 3.05) is 14.2 Å². The number of nitrogens with one attached hydrogen (secondary N) is 1. The van der Waals surface area contributed by atoms with E-state index < -0.39 is 0 Å². The number of rotatable bonds is 5. The highest BCUT2D eigenvalue weighted by Gasteiger charge is 2.16. The van der Waals surface area contributed by atoms with Gasteiger partial charge in [0.15, 0.2) is 0 Å². The zero-order chi connectivity index (χ0) is 13.7. The molecule has 0 fully saturated rings. The normalized spacial score (nSPS) is 12.2. The molecule has 1 N–H and O–H groups in total. The molecule has 0 aromatic carbocycles. The Labute approximate surface area is 117 Å². The molecule has 100 valence electrons. The Morgan fingerprint density at radius 2 is 2.21 bits per heavy atom. The number of pyridine rings is 2. The maximum atomic E-state index is 6.15. The fraction of sp³-hybridized carbons (Fsp3) is 0.286. The predicted octanol–water partition coefficient (Wildman–Crippen LogP) is 2.64. The summed E-state index contributed by atoms with van der Waals surface area (Å²) in [5.41, 5.74) is 2.06. The smallest absolute Gasteiger partial charge is 0.217 e. The van der Waals surface area contributed by atoms with Crippen molar-refractivity contribution in [1.82, 2.24) is 15.3 Å². The Bertz CT molecular complexity index is 548. The second-order valence-corrected chi connectivity index (χ2v) is 4.52. The molecule has 5 heteroatoms. The Hall–Kier alpha value is -1.65. The zero-order valence-electron chi connectivity index (χ0n) is 10.9. The monoisotopic (exact) mass is 277 g/mol. The van der Waals surface area contributed by atoms with E-state index in [0.29, 0.717) is 10.9 Å². The lowest BCUT2D eigenvalue weighted by molar-refractivity contribution is 0.384. The molecule has 0 spiro atoms. The molecule has 0 aliphatic rings. The third kappa shape index (κ3) is 3.22. The van der Waals surface area contributed by atoms with Gasteiger partial charge in [-0.15, -0.1) is 0 Å². The van der Waals surface area contributed by atoms with Crippen LogP contribution in [-0.4, -0.2) is 24.1 Å². The van der Waals surface area contributed by atoms with Crippen LogP contribution in [0.2, 0.25) is 5.02 Å². The number of hydrogen-bond acceptors (Lipinski definition) is 4. The number of ether oxygens (including phenoxy) is 1. The van der Waals surface area contributed by atoms with E-state index in [1.807, 2.05) is 25.2 Å². The van der Waals surface area contributed by atoms with Crippen LogP contribution in [-0.2, 0) is 6.42 Å². The Morgan fingerprint density at radius 1 is 1.37 bits per heavy atom.